The molecular formula is C18H16F5N3O. The highest BCUT2D eigenvalue weighted by molar-refractivity contribution is 5.88. The number of anilines is 2. The second kappa shape index (κ2) is 6.80. The number of alkyl halides is 3. The number of rotatable bonds is 5. The third-order valence-electron chi connectivity index (χ3n) is 4.30. The molecule has 1 aliphatic carbocycles. The summed E-state index contributed by atoms with van der Waals surface area (Å²) in [7, 11) is 0. The van der Waals surface area contributed by atoms with Crippen LogP contribution in [0.25, 0.3) is 0 Å². The van der Waals surface area contributed by atoms with E-state index in [1.54, 1.807) is 0 Å². The van der Waals surface area contributed by atoms with Gasteiger partial charge in [0, 0.05) is 17.8 Å². The summed E-state index contributed by atoms with van der Waals surface area (Å²) in [5.74, 6) is -2.11. The first-order valence-electron chi connectivity index (χ1n) is 8.08. The van der Waals surface area contributed by atoms with Crippen molar-refractivity contribution >= 4 is 17.3 Å². The van der Waals surface area contributed by atoms with E-state index in [0.717, 1.165) is 18.2 Å². The van der Waals surface area contributed by atoms with Crippen LogP contribution in [0.15, 0.2) is 36.4 Å². The van der Waals surface area contributed by atoms with Crippen LogP contribution in [0.3, 0.4) is 0 Å². The Hall–Kier alpha value is -2.68. The third-order valence-corrected chi connectivity index (χ3v) is 4.30. The maximum absolute atomic E-state index is 14.2. The Bertz CT molecular complexity index is 878. The van der Waals surface area contributed by atoms with Gasteiger partial charge in [0.2, 0.25) is 5.91 Å². The van der Waals surface area contributed by atoms with E-state index in [0.29, 0.717) is 18.9 Å². The highest BCUT2D eigenvalue weighted by atomic mass is 19.4. The van der Waals surface area contributed by atoms with Crippen LogP contribution in [0.4, 0.5) is 33.3 Å². The van der Waals surface area contributed by atoms with E-state index >= 15 is 0 Å². The number of benzene rings is 2. The normalized spacial score (nSPS) is 15.3. The summed E-state index contributed by atoms with van der Waals surface area (Å²) in [6, 6.07) is 5.87. The first-order valence-corrected chi connectivity index (χ1v) is 8.08. The Morgan fingerprint density at radius 3 is 2.41 bits per heavy atom. The minimum Gasteiger partial charge on any atom is -0.355 e. The minimum absolute atomic E-state index is 0.0529. The lowest BCUT2D eigenvalue weighted by atomic mass is 10.1. The number of hydrogen-bond donors (Lipinski definition) is 3. The lowest BCUT2D eigenvalue weighted by Crippen LogP contribution is -2.42. The monoisotopic (exact) mass is 385 g/mol. The predicted octanol–water partition coefficient (Wildman–Crippen LogP) is 3.83. The minimum atomic E-state index is -4.77. The second-order valence-corrected chi connectivity index (χ2v) is 6.46. The molecule has 1 amide bonds. The maximum atomic E-state index is 14.2. The smallest absolute Gasteiger partial charge is 0.355 e. The quantitative estimate of drug-likeness (QED) is 0.686. The van der Waals surface area contributed by atoms with Crippen molar-refractivity contribution in [2.75, 3.05) is 5.32 Å². The van der Waals surface area contributed by atoms with Crippen LogP contribution >= 0.6 is 0 Å². The van der Waals surface area contributed by atoms with Gasteiger partial charge >= 0.3 is 6.18 Å². The van der Waals surface area contributed by atoms with Crippen molar-refractivity contribution in [2.24, 2.45) is 5.73 Å². The molecule has 0 aromatic heterocycles. The Morgan fingerprint density at radius 2 is 1.81 bits per heavy atom. The summed E-state index contributed by atoms with van der Waals surface area (Å²) < 4.78 is 66.4. The van der Waals surface area contributed by atoms with E-state index in [4.69, 9.17) is 5.73 Å². The third kappa shape index (κ3) is 4.36. The van der Waals surface area contributed by atoms with Crippen molar-refractivity contribution in [1.29, 1.82) is 0 Å². The average Bonchev–Trinajstić information content (AvgIpc) is 3.33. The standard InChI is InChI=1S/C18H16F5N3O/c19-11-2-4-15(13(7-11)18(21,22)23)26-12-3-1-10(14(20)8-12)9-25-16(27)17(24)5-6-17/h1-4,7-8,26H,5-6,9,24H2,(H,25,27). The van der Waals surface area contributed by atoms with Crippen molar-refractivity contribution in [3.05, 3.63) is 59.2 Å². The van der Waals surface area contributed by atoms with Gasteiger partial charge in [0.05, 0.1) is 16.8 Å². The average molecular weight is 385 g/mol. The number of nitrogens with one attached hydrogen (secondary N) is 2. The van der Waals surface area contributed by atoms with Gasteiger partial charge in [-0.05, 0) is 43.2 Å². The summed E-state index contributed by atoms with van der Waals surface area (Å²) >= 11 is 0. The van der Waals surface area contributed by atoms with Gasteiger partial charge in [-0.25, -0.2) is 8.78 Å². The maximum Gasteiger partial charge on any atom is 0.418 e. The lowest BCUT2D eigenvalue weighted by Gasteiger charge is -2.15. The van der Waals surface area contributed by atoms with Crippen molar-refractivity contribution < 1.29 is 26.7 Å². The Balaban J connectivity index is 1.74. The molecule has 3 rings (SSSR count). The molecule has 2 aromatic rings. The van der Waals surface area contributed by atoms with Gasteiger partial charge in [0.25, 0.3) is 0 Å². The van der Waals surface area contributed by atoms with Crippen LogP contribution in [0.5, 0.6) is 0 Å². The number of halogens is 5. The summed E-state index contributed by atoms with van der Waals surface area (Å²) in [6.07, 6.45) is -3.62. The van der Waals surface area contributed by atoms with E-state index in [-0.39, 0.29) is 23.7 Å². The molecule has 4 nitrogen and oxygen atoms in total. The fourth-order valence-corrected chi connectivity index (χ4v) is 2.50. The van der Waals surface area contributed by atoms with E-state index in [2.05, 4.69) is 10.6 Å². The van der Waals surface area contributed by atoms with Crippen LogP contribution in [0.2, 0.25) is 0 Å². The van der Waals surface area contributed by atoms with E-state index in [9.17, 15) is 26.7 Å². The molecule has 0 bridgehead atoms. The highest BCUT2D eigenvalue weighted by Crippen LogP contribution is 2.36. The Labute approximate surface area is 151 Å². The zero-order chi connectivity index (χ0) is 19.8. The molecule has 2 aromatic carbocycles. The van der Waals surface area contributed by atoms with Gasteiger partial charge in [-0.3, -0.25) is 4.79 Å². The molecule has 0 radical (unpaired) electrons. The van der Waals surface area contributed by atoms with Crippen LogP contribution in [0, 0.1) is 11.6 Å². The Morgan fingerprint density at radius 1 is 1.11 bits per heavy atom. The van der Waals surface area contributed by atoms with E-state index < -0.39 is 34.6 Å². The number of carbonyl (C=O) groups is 1. The molecule has 0 aliphatic heterocycles. The first-order chi connectivity index (χ1) is 12.6. The zero-order valence-corrected chi connectivity index (χ0v) is 14.0. The molecule has 4 N–H and O–H groups in total. The van der Waals surface area contributed by atoms with Crippen molar-refractivity contribution in [2.45, 2.75) is 31.1 Å². The topological polar surface area (TPSA) is 67.2 Å². The molecule has 0 atom stereocenters. The molecule has 0 unspecified atom stereocenters. The van der Waals surface area contributed by atoms with Gasteiger partial charge < -0.3 is 16.4 Å². The van der Waals surface area contributed by atoms with Crippen molar-refractivity contribution in [3.63, 3.8) is 0 Å². The van der Waals surface area contributed by atoms with Gasteiger partial charge in [-0.1, -0.05) is 6.07 Å². The predicted molar refractivity (Wildman–Crippen MR) is 89.1 cm³/mol. The molecule has 1 saturated carbocycles. The van der Waals surface area contributed by atoms with Crippen LogP contribution < -0.4 is 16.4 Å². The summed E-state index contributed by atoms with van der Waals surface area (Å²) in [5.41, 5.74) is 3.46. The number of amides is 1. The number of hydrogen-bond acceptors (Lipinski definition) is 3. The molecule has 0 spiro atoms. The Kier molecular flexibility index (Phi) is 4.81. The van der Waals surface area contributed by atoms with Crippen molar-refractivity contribution in [1.82, 2.24) is 5.32 Å². The summed E-state index contributed by atoms with van der Waals surface area (Å²) in [5, 5.41) is 4.97. The van der Waals surface area contributed by atoms with Gasteiger partial charge in [0.1, 0.15) is 11.6 Å². The molecular weight excluding hydrogens is 369 g/mol. The first kappa shape index (κ1) is 19.1. The van der Waals surface area contributed by atoms with Crippen LogP contribution in [0.1, 0.15) is 24.0 Å². The van der Waals surface area contributed by atoms with Crippen LogP contribution in [-0.2, 0) is 17.5 Å². The molecule has 27 heavy (non-hydrogen) atoms. The second-order valence-electron chi connectivity index (χ2n) is 6.46. The van der Waals surface area contributed by atoms with E-state index in [1.165, 1.54) is 12.1 Å². The highest BCUT2D eigenvalue weighted by Gasteiger charge is 2.45. The number of nitrogens with two attached hydrogens (primary N) is 1. The fraction of sp³-hybridized carbons (Fsp3) is 0.278. The molecule has 1 fully saturated rings. The largest absolute Gasteiger partial charge is 0.418 e. The molecule has 0 saturated heterocycles. The van der Waals surface area contributed by atoms with Crippen LogP contribution in [-0.4, -0.2) is 11.4 Å². The molecule has 144 valence electrons. The fourth-order valence-electron chi connectivity index (χ4n) is 2.50. The summed E-state index contributed by atoms with van der Waals surface area (Å²) in [6.45, 7) is -0.0890. The zero-order valence-electron chi connectivity index (χ0n) is 14.0. The number of carbonyl (C=O) groups excluding carboxylic acids is 1. The summed E-state index contributed by atoms with van der Waals surface area (Å²) in [4.78, 5) is 11.8. The lowest BCUT2D eigenvalue weighted by molar-refractivity contribution is -0.137. The molecule has 9 heteroatoms. The molecule has 1 aliphatic rings. The van der Waals surface area contributed by atoms with E-state index in [1.807, 2.05) is 0 Å². The molecule has 0 heterocycles. The SMILES string of the molecule is NC1(C(=O)NCc2ccc(Nc3ccc(F)cc3C(F)(F)F)cc2F)CC1. The van der Waals surface area contributed by atoms with Gasteiger partial charge in [-0.2, -0.15) is 13.2 Å². The van der Waals surface area contributed by atoms with Crippen molar-refractivity contribution in [3.8, 4) is 0 Å². The van der Waals surface area contributed by atoms with Gasteiger partial charge in [0.15, 0.2) is 0 Å². The van der Waals surface area contributed by atoms with Gasteiger partial charge in [-0.15, -0.1) is 0 Å².